The zero-order chi connectivity index (χ0) is 8.48. The molecule has 0 radical (unpaired) electrons. The minimum absolute atomic E-state index is 0.506. The highest BCUT2D eigenvalue weighted by Crippen LogP contribution is 2.29. The van der Waals surface area contributed by atoms with Gasteiger partial charge in [0.05, 0.1) is 5.84 Å². The first-order valence-electron chi connectivity index (χ1n) is 4.31. The van der Waals surface area contributed by atoms with E-state index >= 15 is 0 Å². The number of rotatable bonds is 0. The zero-order valence-corrected chi connectivity index (χ0v) is 7.78. The molecule has 2 nitrogen and oxygen atoms in total. The molecule has 1 aliphatic heterocycles. The number of nitrogens with one attached hydrogen (secondary N) is 1. The maximum atomic E-state index is 7.44. The number of amidine groups is 1. The second-order valence-electron chi connectivity index (χ2n) is 4.24. The van der Waals surface area contributed by atoms with E-state index < -0.39 is 0 Å². The fourth-order valence-electron chi connectivity index (χ4n) is 1.45. The van der Waals surface area contributed by atoms with Crippen LogP contribution in [0.1, 0.15) is 33.6 Å². The molecule has 0 saturated carbocycles. The molecule has 64 valence electrons. The first-order valence-corrected chi connectivity index (χ1v) is 4.31. The third-order valence-corrected chi connectivity index (χ3v) is 2.59. The van der Waals surface area contributed by atoms with E-state index in [4.69, 9.17) is 5.41 Å². The molecule has 1 N–H and O–H groups in total. The van der Waals surface area contributed by atoms with E-state index in [1.165, 1.54) is 12.8 Å². The maximum Gasteiger partial charge on any atom is 0.0925 e. The molecule has 0 spiro atoms. The fraction of sp³-hybridized carbons (Fsp3) is 0.889. The molecule has 0 unspecified atom stereocenters. The third kappa shape index (κ3) is 2.21. The average molecular weight is 154 g/mol. The first kappa shape index (κ1) is 8.57. The summed E-state index contributed by atoms with van der Waals surface area (Å²) < 4.78 is 0. The van der Waals surface area contributed by atoms with Crippen LogP contribution >= 0.6 is 0 Å². The second kappa shape index (κ2) is 2.84. The van der Waals surface area contributed by atoms with Crippen molar-refractivity contribution in [1.29, 1.82) is 5.41 Å². The topological polar surface area (TPSA) is 27.1 Å². The van der Waals surface area contributed by atoms with Crippen molar-refractivity contribution < 1.29 is 0 Å². The molecule has 0 aromatic rings. The van der Waals surface area contributed by atoms with Gasteiger partial charge in [0.15, 0.2) is 0 Å². The summed E-state index contributed by atoms with van der Waals surface area (Å²) in [5.41, 5.74) is 0.506. The lowest BCUT2D eigenvalue weighted by molar-refractivity contribution is 0.187. The van der Waals surface area contributed by atoms with E-state index in [-0.39, 0.29) is 0 Å². The van der Waals surface area contributed by atoms with Crippen molar-refractivity contribution in [2.45, 2.75) is 33.6 Å². The number of hydrogen-bond acceptors (Lipinski definition) is 1. The lowest BCUT2D eigenvalue weighted by Crippen LogP contribution is -2.39. The molecular formula is C9H18N2. The molecule has 0 aromatic heterocycles. The molecule has 1 heterocycles. The molecule has 0 aromatic carbocycles. The lowest BCUT2D eigenvalue weighted by atomic mass is 9.83. The normalized spacial score (nSPS) is 23.4. The third-order valence-electron chi connectivity index (χ3n) is 2.59. The predicted octanol–water partition coefficient (Wildman–Crippen LogP) is 2.11. The van der Waals surface area contributed by atoms with Gasteiger partial charge in [-0.2, -0.15) is 0 Å². The molecule has 1 aliphatic rings. The Balaban J connectivity index is 2.42. The van der Waals surface area contributed by atoms with E-state index in [0.29, 0.717) is 5.41 Å². The van der Waals surface area contributed by atoms with Gasteiger partial charge in [-0.05, 0) is 25.2 Å². The number of likely N-dealkylation sites (tertiary alicyclic amines) is 1. The Morgan fingerprint density at radius 2 is 1.73 bits per heavy atom. The summed E-state index contributed by atoms with van der Waals surface area (Å²) in [6.07, 6.45) is 2.45. The van der Waals surface area contributed by atoms with E-state index in [2.05, 4.69) is 18.7 Å². The van der Waals surface area contributed by atoms with Crippen molar-refractivity contribution in [3.63, 3.8) is 0 Å². The summed E-state index contributed by atoms with van der Waals surface area (Å²) >= 11 is 0. The van der Waals surface area contributed by atoms with Gasteiger partial charge in [-0.15, -0.1) is 0 Å². The fourth-order valence-corrected chi connectivity index (χ4v) is 1.45. The van der Waals surface area contributed by atoms with Crippen LogP contribution in [-0.4, -0.2) is 23.8 Å². The van der Waals surface area contributed by atoms with Gasteiger partial charge in [-0.1, -0.05) is 13.8 Å². The Morgan fingerprint density at radius 3 is 2.09 bits per heavy atom. The van der Waals surface area contributed by atoms with Crippen LogP contribution in [0.3, 0.4) is 0 Å². The molecule has 1 rings (SSSR count). The van der Waals surface area contributed by atoms with E-state index in [9.17, 15) is 0 Å². The Labute approximate surface area is 69.1 Å². The number of nitrogens with zero attached hydrogens (tertiary/aromatic N) is 1. The quantitative estimate of drug-likeness (QED) is 0.420. The summed E-state index contributed by atoms with van der Waals surface area (Å²) in [6.45, 7) is 8.64. The highest BCUT2D eigenvalue weighted by molar-refractivity contribution is 5.76. The van der Waals surface area contributed by atoms with Crippen molar-refractivity contribution >= 4 is 5.84 Å². The van der Waals surface area contributed by atoms with Crippen LogP contribution in [0.4, 0.5) is 0 Å². The molecule has 0 aliphatic carbocycles. The van der Waals surface area contributed by atoms with Crippen LogP contribution in [0, 0.1) is 10.8 Å². The SMILES string of the molecule is CC(=N)N1CCC(C)(C)CC1. The van der Waals surface area contributed by atoms with Crippen molar-refractivity contribution in [2.75, 3.05) is 13.1 Å². The predicted molar refractivity (Wildman–Crippen MR) is 48.0 cm³/mol. The van der Waals surface area contributed by atoms with Gasteiger partial charge in [0.25, 0.3) is 0 Å². The molecule has 0 atom stereocenters. The van der Waals surface area contributed by atoms with Crippen LogP contribution in [-0.2, 0) is 0 Å². The van der Waals surface area contributed by atoms with E-state index in [1.807, 2.05) is 6.92 Å². The van der Waals surface area contributed by atoms with Crippen LogP contribution in [0.2, 0.25) is 0 Å². The summed E-state index contributed by atoms with van der Waals surface area (Å²) in [6, 6.07) is 0. The second-order valence-corrected chi connectivity index (χ2v) is 4.24. The molecule has 1 saturated heterocycles. The lowest BCUT2D eigenvalue weighted by Gasteiger charge is -2.37. The summed E-state index contributed by atoms with van der Waals surface area (Å²) in [5, 5.41) is 7.44. The monoisotopic (exact) mass is 154 g/mol. The highest BCUT2D eigenvalue weighted by Gasteiger charge is 2.25. The van der Waals surface area contributed by atoms with Gasteiger partial charge >= 0.3 is 0 Å². The van der Waals surface area contributed by atoms with Crippen LogP contribution < -0.4 is 0 Å². The first-order chi connectivity index (χ1) is 5.01. The van der Waals surface area contributed by atoms with Gasteiger partial charge in [0.1, 0.15) is 0 Å². The highest BCUT2D eigenvalue weighted by atomic mass is 15.2. The Kier molecular flexibility index (Phi) is 2.21. The number of hydrogen-bond donors (Lipinski definition) is 1. The standard InChI is InChI=1S/C9H18N2/c1-8(10)11-6-4-9(2,3)5-7-11/h10H,4-7H2,1-3H3. The summed E-state index contributed by atoms with van der Waals surface area (Å²) in [5.74, 6) is 0.723. The largest absolute Gasteiger partial charge is 0.361 e. The Bertz CT molecular complexity index is 151. The molecule has 0 amide bonds. The molecule has 11 heavy (non-hydrogen) atoms. The minimum Gasteiger partial charge on any atom is -0.361 e. The Morgan fingerprint density at radius 1 is 1.27 bits per heavy atom. The summed E-state index contributed by atoms with van der Waals surface area (Å²) in [4.78, 5) is 2.16. The van der Waals surface area contributed by atoms with Gasteiger partial charge in [-0.25, -0.2) is 0 Å². The van der Waals surface area contributed by atoms with Gasteiger partial charge < -0.3 is 4.90 Å². The molecule has 1 fully saturated rings. The minimum atomic E-state index is 0.506. The van der Waals surface area contributed by atoms with Crippen LogP contribution in [0.15, 0.2) is 0 Å². The van der Waals surface area contributed by atoms with Crippen molar-refractivity contribution in [2.24, 2.45) is 5.41 Å². The number of piperidine rings is 1. The van der Waals surface area contributed by atoms with E-state index in [1.54, 1.807) is 0 Å². The smallest absolute Gasteiger partial charge is 0.0925 e. The summed E-state index contributed by atoms with van der Waals surface area (Å²) in [7, 11) is 0. The van der Waals surface area contributed by atoms with Gasteiger partial charge in [0, 0.05) is 13.1 Å². The zero-order valence-electron chi connectivity index (χ0n) is 7.78. The average Bonchev–Trinajstić information content (AvgIpc) is 1.86. The molecule has 2 heteroatoms. The van der Waals surface area contributed by atoms with Crippen LogP contribution in [0.25, 0.3) is 0 Å². The Hall–Kier alpha value is -0.530. The van der Waals surface area contributed by atoms with Gasteiger partial charge in [0.2, 0.25) is 0 Å². The van der Waals surface area contributed by atoms with Gasteiger partial charge in [-0.3, -0.25) is 5.41 Å². The van der Waals surface area contributed by atoms with Crippen LogP contribution in [0.5, 0.6) is 0 Å². The van der Waals surface area contributed by atoms with E-state index in [0.717, 1.165) is 18.9 Å². The molecule has 0 bridgehead atoms. The van der Waals surface area contributed by atoms with Crippen molar-refractivity contribution in [3.8, 4) is 0 Å². The van der Waals surface area contributed by atoms with Crippen molar-refractivity contribution in [1.82, 2.24) is 4.90 Å². The maximum absolute atomic E-state index is 7.44. The molecular weight excluding hydrogens is 136 g/mol. The van der Waals surface area contributed by atoms with Crippen molar-refractivity contribution in [3.05, 3.63) is 0 Å².